The summed E-state index contributed by atoms with van der Waals surface area (Å²) in [5.74, 6) is -1.34. The van der Waals surface area contributed by atoms with Gasteiger partial charge in [-0.2, -0.15) is 13.2 Å². The number of alkyl halides is 6. The highest BCUT2D eigenvalue weighted by Crippen LogP contribution is 2.25. The molecule has 12 heteroatoms. The van der Waals surface area contributed by atoms with E-state index in [0.29, 0.717) is 13.1 Å². The number of rotatable bonds is 5. The van der Waals surface area contributed by atoms with Crippen molar-refractivity contribution in [1.29, 1.82) is 0 Å². The lowest BCUT2D eigenvalue weighted by Gasteiger charge is -2.35. The van der Waals surface area contributed by atoms with Gasteiger partial charge in [-0.3, -0.25) is 9.69 Å². The second kappa shape index (κ2) is 9.47. The Hall–Kier alpha value is -1.72. The summed E-state index contributed by atoms with van der Waals surface area (Å²) in [4.78, 5) is 13.2. The highest BCUT2D eigenvalue weighted by atomic mass is 35.5. The van der Waals surface area contributed by atoms with Crippen molar-refractivity contribution in [3.63, 3.8) is 0 Å². The molecule has 1 amide bonds. The van der Waals surface area contributed by atoms with Gasteiger partial charge in [-0.1, -0.05) is 0 Å². The molecular weight excluding hydrogens is 404 g/mol. The minimum absolute atomic E-state index is 0. The number of halogens is 7. The number of nitrogens with zero attached hydrogens (tertiary/aromatic N) is 1. The van der Waals surface area contributed by atoms with Crippen LogP contribution < -0.4 is 15.4 Å². The van der Waals surface area contributed by atoms with Crippen LogP contribution in [0, 0.1) is 0 Å². The maximum absolute atomic E-state index is 13.2. The Morgan fingerprint density at radius 2 is 1.67 bits per heavy atom. The minimum Gasteiger partial charge on any atom is -0.406 e. The van der Waals surface area contributed by atoms with Gasteiger partial charge in [-0.25, -0.2) is 0 Å². The summed E-state index contributed by atoms with van der Waals surface area (Å²) < 4.78 is 79.6. The Bertz CT molecular complexity index is 603. The highest BCUT2D eigenvalue weighted by molar-refractivity contribution is 5.94. The molecule has 1 unspecified atom stereocenters. The van der Waals surface area contributed by atoms with Crippen LogP contribution in [0.3, 0.4) is 0 Å². The van der Waals surface area contributed by atoms with Crippen LogP contribution in [-0.2, 0) is 0 Å². The number of piperazine rings is 1. The number of carbonyl (C=O) groups is 1. The molecule has 1 heterocycles. The molecule has 1 aromatic rings. The Balaban J connectivity index is 0.00000364. The van der Waals surface area contributed by atoms with Crippen molar-refractivity contribution in [3.8, 4) is 5.75 Å². The summed E-state index contributed by atoms with van der Waals surface area (Å²) in [6, 6.07) is 2.09. The molecule has 0 spiro atoms. The van der Waals surface area contributed by atoms with Crippen molar-refractivity contribution < 1.29 is 35.9 Å². The summed E-state index contributed by atoms with van der Waals surface area (Å²) in [6.07, 6.45) is -9.39. The zero-order valence-corrected chi connectivity index (χ0v) is 14.7. The molecule has 1 aromatic carbocycles. The van der Waals surface area contributed by atoms with Crippen LogP contribution in [0.4, 0.5) is 26.3 Å². The first kappa shape index (κ1) is 23.3. The van der Waals surface area contributed by atoms with Crippen molar-refractivity contribution in [2.24, 2.45) is 0 Å². The van der Waals surface area contributed by atoms with E-state index in [1.54, 1.807) is 0 Å². The van der Waals surface area contributed by atoms with E-state index < -0.39 is 36.8 Å². The lowest BCUT2D eigenvalue weighted by Crippen LogP contribution is -2.57. The summed E-state index contributed by atoms with van der Waals surface area (Å²) in [6.45, 7) is 0.582. The van der Waals surface area contributed by atoms with E-state index in [0.717, 1.165) is 24.3 Å². The Labute approximate surface area is 157 Å². The highest BCUT2D eigenvalue weighted by Gasteiger charge is 2.43. The molecule has 1 aliphatic heterocycles. The van der Waals surface area contributed by atoms with Gasteiger partial charge in [-0.05, 0) is 24.3 Å². The topological polar surface area (TPSA) is 53.6 Å². The molecule has 2 N–H and O–H groups in total. The fourth-order valence-electron chi connectivity index (χ4n) is 2.55. The lowest BCUT2D eigenvalue weighted by atomic mass is 10.1. The number of hydrogen-bond acceptors (Lipinski definition) is 4. The molecule has 154 valence electrons. The smallest absolute Gasteiger partial charge is 0.406 e. The van der Waals surface area contributed by atoms with Crippen molar-refractivity contribution in [2.45, 2.75) is 18.6 Å². The number of ether oxygens (including phenoxy) is 1. The van der Waals surface area contributed by atoms with E-state index in [4.69, 9.17) is 0 Å². The molecule has 0 saturated carbocycles. The first-order valence-electron chi connectivity index (χ1n) is 7.72. The van der Waals surface area contributed by atoms with Gasteiger partial charge in [-0.15, -0.1) is 25.6 Å². The van der Waals surface area contributed by atoms with E-state index in [-0.39, 0.29) is 31.1 Å². The van der Waals surface area contributed by atoms with Gasteiger partial charge >= 0.3 is 12.5 Å². The van der Waals surface area contributed by atoms with Crippen LogP contribution in [0.2, 0.25) is 0 Å². The van der Waals surface area contributed by atoms with E-state index in [1.807, 2.05) is 0 Å². The summed E-state index contributed by atoms with van der Waals surface area (Å²) in [5.41, 5.74) is -0.0687. The predicted octanol–water partition coefficient (Wildman–Crippen LogP) is 2.57. The summed E-state index contributed by atoms with van der Waals surface area (Å²) in [7, 11) is 0. The predicted molar refractivity (Wildman–Crippen MR) is 87.0 cm³/mol. The normalized spacial score (nSPS) is 17.0. The van der Waals surface area contributed by atoms with Gasteiger partial charge in [0.1, 0.15) is 11.8 Å². The Morgan fingerprint density at radius 1 is 1.11 bits per heavy atom. The van der Waals surface area contributed by atoms with Gasteiger partial charge in [0, 0.05) is 38.3 Å². The third-order valence-corrected chi connectivity index (χ3v) is 3.78. The molecule has 27 heavy (non-hydrogen) atoms. The maximum Gasteiger partial charge on any atom is 0.573 e. The molecule has 0 bridgehead atoms. The van der Waals surface area contributed by atoms with Crippen LogP contribution >= 0.6 is 12.4 Å². The van der Waals surface area contributed by atoms with E-state index in [9.17, 15) is 31.1 Å². The molecule has 0 radical (unpaired) electrons. The summed E-state index contributed by atoms with van der Waals surface area (Å²) >= 11 is 0. The maximum atomic E-state index is 13.2. The van der Waals surface area contributed by atoms with Crippen LogP contribution in [0.25, 0.3) is 0 Å². The molecular formula is C15H18ClF6N3O2. The number of hydrogen-bond donors (Lipinski definition) is 2. The number of carbonyl (C=O) groups excluding carboxylic acids is 1. The fourth-order valence-corrected chi connectivity index (χ4v) is 2.55. The average Bonchev–Trinajstić information content (AvgIpc) is 2.54. The van der Waals surface area contributed by atoms with Crippen molar-refractivity contribution in [3.05, 3.63) is 29.8 Å². The van der Waals surface area contributed by atoms with Gasteiger partial charge < -0.3 is 15.4 Å². The van der Waals surface area contributed by atoms with Gasteiger partial charge in [0.2, 0.25) is 0 Å². The molecule has 2 rings (SSSR count). The first-order chi connectivity index (χ1) is 12.1. The second-order valence-corrected chi connectivity index (χ2v) is 5.63. The Morgan fingerprint density at radius 3 is 2.15 bits per heavy atom. The molecule has 0 aromatic heterocycles. The number of nitrogens with one attached hydrogen (secondary N) is 2. The number of benzene rings is 1. The van der Waals surface area contributed by atoms with Crippen LogP contribution in [0.5, 0.6) is 5.75 Å². The van der Waals surface area contributed by atoms with E-state index in [2.05, 4.69) is 15.4 Å². The van der Waals surface area contributed by atoms with Crippen molar-refractivity contribution in [2.75, 3.05) is 32.7 Å². The van der Waals surface area contributed by atoms with Gasteiger partial charge in [0.05, 0.1) is 0 Å². The molecule has 0 aliphatic carbocycles. The lowest BCUT2D eigenvalue weighted by molar-refractivity contribution is -0.274. The van der Waals surface area contributed by atoms with Gasteiger partial charge in [0.15, 0.2) is 0 Å². The molecule has 1 atom stereocenters. The average molecular weight is 422 g/mol. The SMILES string of the molecule is Cl.O=C(NCC(N1CCNCC1)C(F)(F)F)c1ccc(OC(F)(F)F)cc1. The third kappa shape index (κ3) is 7.43. The van der Waals surface area contributed by atoms with Crippen LogP contribution in [-0.4, -0.2) is 62.1 Å². The van der Waals surface area contributed by atoms with Crippen LogP contribution in [0.1, 0.15) is 10.4 Å². The second-order valence-electron chi connectivity index (χ2n) is 5.63. The first-order valence-corrected chi connectivity index (χ1v) is 7.72. The monoisotopic (exact) mass is 421 g/mol. The zero-order chi connectivity index (χ0) is 19.4. The molecule has 1 saturated heterocycles. The Kier molecular flexibility index (Phi) is 8.18. The van der Waals surface area contributed by atoms with E-state index in [1.165, 1.54) is 4.90 Å². The molecule has 1 aliphatic rings. The minimum atomic E-state index is -4.87. The standard InChI is InChI=1S/C15H17F6N3O2.ClH/c16-14(17,18)12(24-7-5-22-6-8-24)9-23-13(25)10-1-3-11(4-2-10)26-15(19,20)21;/h1-4,12,22H,5-9H2,(H,23,25);1H. The zero-order valence-electron chi connectivity index (χ0n) is 13.9. The van der Waals surface area contributed by atoms with Gasteiger partial charge in [0.25, 0.3) is 5.91 Å². The summed E-state index contributed by atoms with van der Waals surface area (Å²) in [5, 5.41) is 5.13. The number of amides is 1. The third-order valence-electron chi connectivity index (χ3n) is 3.78. The molecule has 1 fully saturated rings. The van der Waals surface area contributed by atoms with Crippen molar-refractivity contribution >= 4 is 18.3 Å². The van der Waals surface area contributed by atoms with Crippen molar-refractivity contribution in [1.82, 2.24) is 15.5 Å². The quantitative estimate of drug-likeness (QED) is 0.718. The van der Waals surface area contributed by atoms with Crippen LogP contribution in [0.15, 0.2) is 24.3 Å². The largest absolute Gasteiger partial charge is 0.573 e. The fraction of sp³-hybridized carbons (Fsp3) is 0.533. The van der Waals surface area contributed by atoms with E-state index >= 15 is 0 Å². The molecule has 5 nitrogen and oxygen atoms in total.